The lowest BCUT2D eigenvalue weighted by molar-refractivity contribution is 0.103. The number of halogens is 2. The van der Waals surface area contributed by atoms with Gasteiger partial charge in [-0.2, -0.15) is 5.10 Å². The molecule has 4 aromatic rings. The lowest BCUT2D eigenvalue weighted by Gasteiger charge is -2.11. The number of amides is 1. The highest BCUT2D eigenvalue weighted by Crippen LogP contribution is 2.34. The van der Waals surface area contributed by atoms with Gasteiger partial charge in [-0.3, -0.25) is 4.79 Å². The maximum absolute atomic E-state index is 14.4. The van der Waals surface area contributed by atoms with E-state index in [1.807, 2.05) is 6.92 Å². The van der Waals surface area contributed by atoms with Crippen molar-refractivity contribution in [3.8, 4) is 17.2 Å². The summed E-state index contributed by atoms with van der Waals surface area (Å²) in [4.78, 5) is 13.9. The SMILES string of the molecule is COc1cc(F)c(NC(=O)c2cc3c(C)nn(-c4ccc(F)cc4)c3s2)cc1OC. The number of hydrogen-bond donors (Lipinski definition) is 1. The number of thiophene rings is 1. The van der Waals surface area contributed by atoms with Gasteiger partial charge in [0.2, 0.25) is 0 Å². The number of rotatable bonds is 5. The molecule has 0 fully saturated rings. The normalized spacial score (nSPS) is 11.0. The van der Waals surface area contributed by atoms with Crippen LogP contribution in [-0.2, 0) is 0 Å². The minimum absolute atomic E-state index is 0.0213. The lowest BCUT2D eigenvalue weighted by atomic mass is 10.2. The first-order valence-corrected chi connectivity index (χ1v) is 9.71. The van der Waals surface area contributed by atoms with E-state index in [0.717, 1.165) is 22.0 Å². The summed E-state index contributed by atoms with van der Waals surface area (Å²) < 4.78 is 39.5. The van der Waals surface area contributed by atoms with Gasteiger partial charge in [-0.05, 0) is 37.3 Å². The van der Waals surface area contributed by atoms with Crippen molar-refractivity contribution >= 4 is 33.1 Å². The van der Waals surface area contributed by atoms with Gasteiger partial charge in [0, 0.05) is 17.5 Å². The van der Waals surface area contributed by atoms with Crippen molar-refractivity contribution in [1.82, 2.24) is 9.78 Å². The molecule has 0 atom stereocenters. The molecule has 0 aliphatic heterocycles. The van der Waals surface area contributed by atoms with Gasteiger partial charge in [0.15, 0.2) is 17.3 Å². The number of aromatic nitrogens is 2. The van der Waals surface area contributed by atoms with E-state index in [1.165, 1.54) is 43.8 Å². The van der Waals surface area contributed by atoms with E-state index in [-0.39, 0.29) is 17.3 Å². The molecule has 0 unspecified atom stereocenters. The fourth-order valence-corrected chi connectivity index (χ4v) is 4.13. The van der Waals surface area contributed by atoms with E-state index in [2.05, 4.69) is 10.4 Å². The number of nitrogens with zero attached hydrogens (tertiary/aromatic N) is 2. The number of anilines is 1. The van der Waals surface area contributed by atoms with Crippen molar-refractivity contribution in [2.75, 3.05) is 19.5 Å². The van der Waals surface area contributed by atoms with Crippen LogP contribution in [0.4, 0.5) is 14.5 Å². The molecular formula is C21H17F2N3O3S. The van der Waals surface area contributed by atoms with Gasteiger partial charge in [0.25, 0.3) is 5.91 Å². The van der Waals surface area contributed by atoms with Crippen LogP contribution < -0.4 is 14.8 Å². The molecule has 0 bridgehead atoms. The van der Waals surface area contributed by atoms with Crippen molar-refractivity contribution in [2.45, 2.75) is 6.92 Å². The Morgan fingerprint density at radius 1 is 1.07 bits per heavy atom. The van der Waals surface area contributed by atoms with Crippen LogP contribution in [0.25, 0.3) is 15.9 Å². The molecule has 2 aromatic heterocycles. The Morgan fingerprint density at radius 3 is 2.40 bits per heavy atom. The molecule has 0 aliphatic rings. The summed E-state index contributed by atoms with van der Waals surface area (Å²) in [7, 11) is 2.83. The van der Waals surface area contributed by atoms with Gasteiger partial charge in [-0.25, -0.2) is 13.5 Å². The first-order chi connectivity index (χ1) is 14.4. The monoisotopic (exact) mass is 429 g/mol. The van der Waals surface area contributed by atoms with Crippen LogP contribution in [0.5, 0.6) is 11.5 Å². The predicted octanol–water partition coefficient (Wildman–Crippen LogP) is 4.94. The minimum atomic E-state index is -0.643. The summed E-state index contributed by atoms with van der Waals surface area (Å²) in [5, 5.41) is 7.84. The summed E-state index contributed by atoms with van der Waals surface area (Å²) in [5.41, 5.74) is 1.38. The topological polar surface area (TPSA) is 65.4 Å². The molecule has 30 heavy (non-hydrogen) atoms. The predicted molar refractivity (Wildman–Crippen MR) is 111 cm³/mol. The molecule has 6 nitrogen and oxygen atoms in total. The summed E-state index contributed by atoms with van der Waals surface area (Å²) in [6.45, 7) is 1.82. The number of carbonyl (C=O) groups excluding carboxylic acids is 1. The molecule has 0 saturated heterocycles. The third kappa shape index (κ3) is 3.48. The number of aryl methyl sites for hydroxylation is 1. The number of benzene rings is 2. The molecular weight excluding hydrogens is 412 g/mol. The van der Waals surface area contributed by atoms with Crippen molar-refractivity contribution < 1.29 is 23.0 Å². The Morgan fingerprint density at radius 2 is 1.73 bits per heavy atom. The number of hydrogen-bond acceptors (Lipinski definition) is 5. The number of methoxy groups -OCH3 is 2. The van der Waals surface area contributed by atoms with Gasteiger partial charge < -0.3 is 14.8 Å². The van der Waals surface area contributed by atoms with Crippen molar-refractivity contribution in [3.63, 3.8) is 0 Å². The highest BCUT2D eigenvalue weighted by atomic mass is 32.1. The second-order valence-electron chi connectivity index (χ2n) is 6.44. The second-order valence-corrected chi connectivity index (χ2v) is 7.47. The van der Waals surface area contributed by atoms with E-state index in [4.69, 9.17) is 9.47 Å². The van der Waals surface area contributed by atoms with Crippen LogP contribution in [0.15, 0.2) is 42.5 Å². The van der Waals surface area contributed by atoms with Crippen LogP contribution in [0, 0.1) is 18.6 Å². The fraction of sp³-hybridized carbons (Fsp3) is 0.143. The number of fused-ring (bicyclic) bond motifs is 1. The summed E-state index contributed by atoms with van der Waals surface area (Å²) in [6.07, 6.45) is 0. The molecule has 1 N–H and O–H groups in total. The summed E-state index contributed by atoms with van der Waals surface area (Å²) in [6, 6.07) is 10.1. The van der Waals surface area contributed by atoms with Crippen molar-refractivity contribution in [3.05, 3.63) is 64.7 Å². The molecule has 0 saturated carbocycles. The first-order valence-electron chi connectivity index (χ1n) is 8.89. The Hall–Kier alpha value is -3.46. The highest BCUT2D eigenvalue weighted by molar-refractivity contribution is 7.20. The van der Waals surface area contributed by atoms with Gasteiger partial charge in [-0.1, -0.05) is 0 Å². The van der Waals surface area contributed by atoms with Gasteiger partial charge in [0.05, 0.1) is 36.2 Å². The quantitative estimate of drug-likeness (QED) is 0.488. The standard InChI is InChI=1S/C21H17F2N3O3S/c1-11-14-8-19(30-21(14)26(25-11)13-6-4-12(22)5-7-13)20(27)24-16-10-18(29-3)17(28-2)9-15(16)23/h4-10H,1-3H3,(H,24,27). The second kappa shape index (κ2) is 7.75. The van der Waals surface area contributed by atoms with E-state index < -0.39 is 11.7 Å². The van der Waals surface area contributed by atoms with Crippen LogP contribution in [0.2, 0.25) is 0 Å². The maximum Gasteiger partial charge on any atom is 0.265 e. The Bertz CT molecular complexity index is 1250. The first kappa shape index (κ1) is 19.8. The Balaban J connectivity index is 1.68. The lowest BCUT2D eigenvalue weighted by Crippen LogP contribution is -2.12. The van der Waals surface area contributed by atoms with Crippen LogP contribution in [-0.4, -0.2) is 29.9 Å². The van der Waals surface area contributed by atoms with Crippen LogP contribution in [0.3, 0.4) is 0 Å². The zero-order valence-electron chi connectivity index (χ0n) is 16.3. The smallest absolute Gasteiger partial charge is 0.265 e. The van der Waals surface area contributed by atoms with E-state index >= 15 is 0 Å². The molecule has 0 spiro atoms. The Kier molecular flexibility index (Phi) is 5.13. The van der Waals surface area contributed by atoms with Gasteiger partial charge >= 0.3 is 0 Å². The average molecular weight is 429 g/mol. The zero-order valence-corrected chi connectivity index (χ0v) is 17.1. The van der Waals surface area contributed by atoms with Gasteiger partial charge in [0.1, 0.15) is 10.6 Å². The largest absolute Gasteiger partial charge is 0.493 e. The highest BCUT2D eigenvalue weighted by Gasteiger charge is 2.19. The van der Waals surface area contributed by atoms with E-state index in [0.29, 0.717) is 16.3 Å². The van der Waals surface area contributed by atoms with Crippen molar-refractivity contribution in [2.24, 2.45) is 0 Å². The number of nitrogens with one attached hydrogen (secondary N) is 1. The molecule has 1 amide bonds. The fourth-order valence-electron chi connectivity index (χ4n) is 3.05. The molecule has 154 valence electrons. The van der Waals surface area contributed by atoms with E-state index in [1.54, 1.807) is 22.9 Å². The Labute approximate surface area is 174 Å². The average Bonchev–Trinajstić information content (AvgIpc) is 3.30. The number of ether oxygens (including phenoxy) is 2. The van der Waals surface area contributed by atoms with E-state index in [9.17, 15) is 13.6 Å². The molecule has 2 aromatic carbocycles. The van der Waals surface area contributed by atoms with Crippen LogP contribution in [0.1, 0.15) is 15.4 Å². The van der Waals surface area contributed by atoms with Crippen molar-refractivity contribution in [1.29, 1.82) is 0 Å². The van der Waals surface area contributed by atoms with Gasteiger partial charge in [-0.15, -0.1) is 11.3 Å². The molecule has 0 radical (unpaired) electrons. The zero-order chi connectivity index (χ0) is 21.4. The summed E-state index contributed by atoms with van der Waals surface area (Å²) in [5.74, 6) is -0.927. The third-order valence-corrected chi connectivity index (χ3v) is 5.67. The molecule has 9 heteroatoms. The third-order valence-electron chi connectivity index (χ3n) is 4.56. The maximum atomic E-state index is 14.4. The summed E-state index contributed by atoms with van der Waals surface area (Å²) >= 11 is 1.21. The number of carbonyl (C=O) groups is 1. The van der Waals surface area contributed by atoms with Crippen LogP contribution >= 0.6 is 11.3 Å². The molecule has 2 heterocycles. The minimum Gasteiger partial charge on any atom is -0.493 e. The molecule has 4 rings (SSSR count). The molecule has 0 aliphatic carbocycles.